The van der Waals surface area contributed by atoms with Gasteiger partial charge in [-0.2, -0.15) is 0 Å². The van der Waals surface area contributed by atoms with E-state index < -0.39 is 0 Å². The van der Waals surface area contributed by atoms with Crippen LogP contribution in [-0.2, 0) is 0 Å². The van der Waals surface area contributed by atoms with E-state index in [1.165, 1.54) is 177 Å². The van der Waals surface area contributed by atoms with E-state index in [9.17, 15) is 0 Å². The average molecular weight is 1010 g/mol. The summed E-state index contributed by atoms with van der Waals surface area (Å²) in [4.78, 5) is 15.2. The maximum absolute atomic E-state index is 5.06. The highest BCUT2D eigenvalue weighted by Gasteiger charge is 2.36. The molecule has 9 aliphatic rings. The van der Waals surface area contributed by atoms with Gasteiger partial charge in [0, 0.05) is 35.3 Å². The van der Waals surface area contributed by atoms with Crippen LogP contribution in [0.2, 0.25) is 0 Å². The molecule has 0 unspecified atom stereocenters. The molecular formula is C75H63N3. The maximum Gasteiger partial charge on any atom is 0.0705 e. The van der Waals surface area contributed by atoms with E-state index in [2.05, 4.69) is 201 Å². The summed E-state index contributed by atoms with van der Waals surface area (Å²) in [6.07, 6.45) is 22.4. The lowest BCUT2D eigenvalue weighted by molar-refractivity contribution is 0.358. The van der Waals surface area contributed by atoms with Gasteiger partial charge < -0.3 is 0 Å². The second kappa shape index (κ2) is 18.9. The fourth-order valence-electron chi connectivity index (χ4n) is 15.7. The first-order chi connectivity index (χ1) is 38.6. The first-order valence-corrected chi connectivity index (χ1v) is 29.4. The summed E-state index contributed by atoms with van der Waals surface area (Å²) in [6, 6.07) is 68.9. The number of nitrogens with zero attached hydrogens (tertiary/aromatic N) is 3. The zero-order chi connectivity index (χ0) is 51.3. The summed E-state index contributed by atoms with van der Waals surface area (Å²) in [6.45, 7) is 0. The summed E-state index contributed by atoms with van der Waals surface area (Å²) < 4.78 is 0. The lowest BCUT2D eigenvalue weighted by Crippen LogP contribution is -2.21. The molecule has 0 radical (unpaired) electrons. The van der Waals surface area contributed by atoms with Crippen LogP contribution in [0, 0.1) is 0 Å². The molecule has 0 amide bonds. The van der Waals surface area contributed by atoms with Crippen molar-refractivity contribution < 1.29 is 0 Å². The lowest BCUT2D eigenvalue weighted by atomic mass is 9.67. The summed E-state index contributed by atoms with van der Waals surface area (Å²) in [5, 5.41) is 0. The normalized spacial score (nSPS) is 21.2. The van der Waals surface area contributed by atoms with Crippen LogP contribution in [0.4, 0.5) is 0 Å². The van der Waals surface area contributed by atoms with Crippen LogP contribution in [0.25, 0.3) is 101 Å². The number of hydrogen-bond donors (Lipinski definition) is 0. The van der Waals surface area contributed by atoms with Gasteiger partial charge in [-0.05, 0) is 249 Å². The first kappa shape index (κ1) is 46.1. The summed E-state index contributed by atoms with van der Waals surface area (Å²) in [5.74, 6) is 4.15. The number of aromatic nitrogens is 3. The summed E-state index contributed by atoms with van der Waals surface area (Å²) >= 11 is 0. The molecule has 0 aliphatic heterocycles. The minimum absolute atomic E-state index is 0.688. The highest BCUT2D eigenvalue weighted by molar-refractivity contribution is 5.94. The molecule has 3 heterocycles. The van der Waals surface area contributed by atoms with Crippen LogP contribution >= 0.6 is 0 Å². The number of hydrogen-bond acceptors (Lipinski definition) is 3. The van der Waals surface area contributed by atoms with Gasteiger partial charge >= 0.3 is 0 Å². The Morgan fingerprint density at radius 3 is 0.654 bits per heavy atom. The van der Waals surface area contributed by atoms with Crippen molar-refractivity contribution in [2.75, 3.05) is 0 Å². The third-order valence-corrected chi connectivity index (χ3v) is 19.8. The third-order valence-electron chi connectivity index (χ3n) is 19.8. The molecule has 0 atom stereocenters. The molecule has 3 saturated carbocycles. The van der Waals surface area contributed by atoms with Gasteiger partial charge in [0.25, 0.3) is 0 Å². The van der Waals surface area contributed by atoms with Crippen LogP contribution in [0.15, 0.2) is 201 Å². The van der Waals surface area contributed by atoms with Crippen LogP contribution in [0.5, 0.6) is 0 Å². The highest BCUT2D eigenvalue weighted by Crippen LogP contribution is 2.53. The standard InChI is InChI=1S/C75H63N3/c1-4-10-64(61(7-1)46-25-31-55(32-26-46)73-40-67-49-13-19-52(20-14-49)70(67)43-76-73)58-37-59(65-11-5-2-8-62(65)47-27-33-56(34-28-47)74-41-68-50-15-21-53(22-16-50)71(68)44-77-74)39-60(38-58)66-12-6-3-9-63(66)48-29-35-57(36-30-48)75-42-69-51-17-23-54(24-18-51)72(69)45-78-75/h1-12,25-45,49-54H,13-24H2. The predicted octanol–water partition coefficient (Wildman–Crippen LogP) is 20.1. The Morgan fingerprint density at radius 1 is 0.205 bits per heavy atom. The van der Waals surface area contributed by atoms with Gasteiger partial charge in [-0.25, -0.2) is 0 Å². The van der Waals surface area contributed by atoms with Gasteiger partial charge in [-0.15, -0.1) is 0 Å². The quantitative estimate of drug-likeness (QED) is 0.145. The molecule has 10 aromatic rings. The topological polar surface area (TPSA) is 38.7 Å². The SMILES string of the molecule is c1ccc(-c2cc(-c3ccccc3-c3ccc(-c4cc5c(cn4)C4CCC5CC4)cc3)cc(-c3ccccc3-c3ccc(-c4cc5c(cn4)C4CCC5CC4)cc3)c2)c(-c2ccc(-c3cc4c(cn3)C3CCC4CC3)cc2)c1. The summed E-state index contributed by atoms with van der Waals surface area (Å²) in [5.41, 5.74) is 30.3. The molecule has 0 saturated heterocycles. The molecule has 19 rings (SSSR count). The van der Waals surface area contributed by atoms with Crippen LogP contribution in [-0.4, -0.2) is 15.0 Å². The highest BCUT2D eigenvalue weighted by atomic mass is 14.7. The van der Waals surface area contributed by atoms with E-state index in [0.29, 0.717) is 35.5 Å². The molecule has 0 spiro atoms. The number of fused-ring (bicyclic) bond motifs is 6. The molecule has 7 aromatic carbocycles. The predicted molar refractivity (Wildman–Crippen MR) is 321 cm³/mol. The van der Waals surface area contributed by atoms with Crippen LogP contribution in [0.1, 0.15) is 146 Å². The van der Waals surface area contributed by atoms with E-state index >= 15 is 0 Å². The molecular weight excluding hydrogens is 943 g/mol. The van der Waals surface area contributed by atoms with E-state index in [-0.39, 0.29) is 0 Å². The Hall–Kier alpha value is -8.01. The van der Waals surface area contributed by atoms with Gasteiger partial charge in [-0.1, -0.05) is 146 Å². The van der Waals surface area contributed by atoms with E-state index in [1.807, 2.05) is 0 Å². The Kier molecular flexibility index (Phi) is 11.2. The minimum atomic E-state index is 0.688. The molecule has 3 fully saturated rings. The first-order valence-electron chi connectivity index (χ1n) is 29.4. The average Bonchev–Trinajstić information content (AvgIpc) is 3.54. The second-order valence-electron chi connectivity index (χ2n) is 23.9. The fourth-order valence-corrected chi connectivity index (χ4v) is 15.7. The summed E-state index contributed by atoms with van der Waals surface area (Å²) in [7, 11) is 0. The van der Waals surface area contributed by atoms with Gasteiger partial charge in [0.05, 0.1) is 17.1 Å². The number of pyridine rings is 3. The smallest absolute Gasteiger partial charge is 0.0705 e. The largest absolute Gasteiger partial charge is 0.256 e. The van der Waals surface area contributed by atoms with E-state index in [1.54, 1.807) is 16.7 Å². The Balaban J connectivity index is 0.785. The monoisotopic (exact) mass is 1010 g/mol. The number of benzene rings is 7. The van der Waals surface area contributed by atoms with Crippen molar-refractivity contribution in [3.05, 3.63) is 234 Å². The van der Waals surface area contributed by atoms with Crippen molar-refractivity contribution in [3.63, 3.8) is 0 Å². The molecule has 0 N–H and O–H groups in total. The van der Waals surface area contributed by atoms with Crippen LogP contribution in [0.3, 0.4) is 0 Å². The number of rotatable bonds is 9. The Morgan fingerprint density at radius 2 is 0.410 bits per heavy atom. The zero-order valence-electron chi connectivity index (χ0n) is 44.3. The van der Waals surface area contributed by atoms with Gasteiger partial charge in [0.15, 0.2) is 0 Å². The van der Waals surface area contributed by atoms with Crippen LogP contribution < -0.4 is 0 Å². The molecule has 3 aromatic heterocycles. The molecule has 6 bridgehead atoms. The molecule has 3 heteroatoms. The van der Waals surface area contributed by atoms with E-state index in [4.69, 9.17) is 15.0 Å². The van der Waals surface area contributed by atoms with E-state index in [0.717, 1.165) is 17.1 Å². The third kappa shape index (κ3) is 7.94. The second-order valence-corrected chi connectivity index (χ2v) is 23.9. The minimum Gasteiger partial charge on any atom is -0.256 e. The van der Waals surface area contributed by atoms with Crippen molar-refractivity contribution in [2.45, 2.75) is 113 Å². The molecule has 3 nitrogen and oxygen atoms in total. The zero-order valence-corrected chi connectivity index (χ0v) is 44.3. The Bertz CT molecular complexity index is 3510. The van der Waals surface area contributed by atoms with Gasteiger partial charge in [0.1, 0.15) is 0 Å². The Labute approximate surface area is 459 Å². The van der Waals surface area contributed by atoms with Crippen molar-refractivity contribution >= 4 is 0 Å². The molecule has 378 valence electrons. The van der Waals surface area contributed by atoms with Crippen molar-refractivity contribution in [2.24, 2.45) is 0 Å². The van der Waals surface area contributed by atoms with Crippen molar-refractivity contribution in [3.8, 4) is 101 Å². The lowest BCUT2D eigenvalue weighted by Gasteiger charge is -2.38. The van der Waals surface area contributed by atoms with Crippen molar-refractivity contribution in [1.29, 1.82) is 0 Å². The maximum atomic E-state index is 5.06. The van der Waals surface area contributed by atoms with Gasteiger partial charge in [0.2, 0.25) is 0 Å². The fraction of sp³-hybridized carbons (Fsp3) is 0.240. The molecule has 9 aliphatic carbocycles. The van der Waals surface area contributed by atoms with Gasteiger partial charge in [-0.3, -0.25) is 15.0 Å². The van der Waals surface area contributed by atoms with Crippen molar-refractivity contribution in [1.82, 2.24) is 15.0 Å². The molecule has 78 heavy (non-hydrogen) atoms.